The molecule has 1 unspecified atom stereocenters. The normalized spacial score (nSPS) is 25.3. The molecule has 0 amide bonds. The molecule has 1 aliphatic rings. The second kappa shape index (κ2) is 6.00. The van der Waals surface area contributed by atoms with Gasteiger partial charge in [0, 0.05) is 17.3 Å². The number of nitrogens with zero attached hydrogens (tertiary/aromatic N) is 2. The smallest absolute Gasteiger partial charge is 0.131 e. The van der Waals surface area contributed by atoms with E-state index in [-0.39, 0.29) is 0 Å². The summed E-state index contributed by atoms with van der Waals surface area (Å²) in [7, 11) is 0. The molecule has 0 bridgehead atoms. The maximum Gasteiger partial charge on any atom is 0.131 e. The Morgan fingerprint density at radius 1 is 1.11 bits per heavy atom. The van der Waals surface area contributed by atoms with Gasteiger partial charge in [-0.1, -0.05) is 26.7 Å². The molecule has 19 heavy (non-hydrogen) atoms. The molecule has 3 nitrogen and oxygen atoms in total. The van der Waals surface area contributed by atoms with Gasteiger partial charge >= 0.3 is 0 Å². The first kappa shape index (κ1) is 14.4. The Labute approximate surface area is 117 Å². The van der Waals surface area contributed by atoms with Gasteiger partial charge in [0.2, 0.25) is 0 Å². The Bertz CT molecular complexity index is 411. The lowest BCUT2D eigenvalue weighted by molar-refractivity contribution is 0.339. The minimum Gasteiger partial charge on any atom is -0.330 e. The van der Waals surface area contributed by atoms with Gasteiger partial charge in [-0.25, -0.2) is 9.97 Å². The molecule has 1 fully saturated rings. The summed E-state index contributed by atoms with van der Waals surface area (Å²) in [4.78, 5) is 9.57. The lowest BCUT2D eigenvalue weighted by atomic mass is 9.82. The van der Waals surface area contributed by atoms with E-state index in [0.717, 1.165) is 23.1 Å². The van der Waals surface area contributed by atoms with Crippen LogP contribution in [0.2, 0.25) is 0 Å². The van der Waals surface area contributed by atoms with E-state index in [0.29, 0.717) is 18.4 Å². The highest BCUT2D eigenvalue weighted by atomic mass is 14.9. The lowest BCUT2D eigenvalue weighted by Crippen LogP contribution is -2.18. The third-order valence-corrected chi connectivity index (χ3v) is 4.57. The molecule has 1 aromatic heterocycles. The van der Waals surface area contributed by atoms with Gasteiger partial charge in [-0.3, -0.25) is 0 Å². The Morgan fingerprint density at radius 3 is 2.11 bits per heavy atom. The van der Waals surface area contributed by atoms with Crippen LogP contribution < -0.4 is 5.73 Å². The van der Waals surface area contributed by atoms with E-state index >= 15 is 0 Å². The van der Waals surface area contributed by atoms with Crippen molar-refractivity contribution in [2.45, 2.75) is 65.2 Å². The summed E-state index contributed by atoms with van der Waals surface area (Å²) in [6, 6.07) is 0. The summed E-state index contributed by atoms with van der Waals surface area (Å²) in [6.45, 7) is 9.36. The number of rotatable bonds is 3. The molecule has 0 radical (unpaired) electrons. The van der Waals surface area contributed by atoms with Crippen LogP contribution in [-0.2, 0) is 0 Å². The van der Waals surface area contributed by atoms with Crippen molar-refractivity contribution in [3.05, 3.63) is 22.8 Å². The molecule has 0 saturated heterocycles. The van der Waals surface area contributed by atoms with Crippen molar-refractivity contribution in [3.63, 3.8) is 0 Å². The molecule has 106 valence electrons. The molecule has 0 spiro atoms. The molecule has 0 aromatic carbocycles. The van der Waals surface area contributed by atoms with Crippen molar-refractivity contribution < 1.29 is 0 Å². The highest BCUT2D eigenvalue weighted by molar-refractivity contribution is 5.29. The minimum atomic E-state index is 0.348. The van der Waals surface area contributed by atoms with Gasteiger partial charge in [0.05, 0.1) is 0 Å². The topological polar surface area (TPSA) is 51.8 Å². The standard InChI is InChI=1S/C16H27N3/c1-10-5-7-14(8-6-10)16-18-12(3)15(11(2)9-17)13(4)19-16/h10-11,14H,5-9,17H2,1-4H3. The van der Waals surface area contributed by atoms with E-state index in [1.807, 2.05) is 0 Å². The quantitative estimate of drug-likeness (QED) is 0.906. The van der Waals surface area contributed by atoms with Crippen molar-refractivity contribution in [2.75, 3.05) is 6.54 Å². The number of nitrogens with two attached hydrogens (primary N) is 1. The molecule has 3 heteroatoms. The van der Waals surface area contributed by atoms with E-state index < -0.39 is 0 Å². The van der Waals surface area contributed by atoms with Crippen molar-refractivity contribution in [2.24, 2.45) is 11.7 Å². The third kappa shape index (κ3) is 3.14. The average molecular weight is 261 g/mol. The van der Waals surface area contributed by atoms with Gasteiger partial charge in [-0.05, 0) is 50.6 Å². The molecule has 1 atom stereocenters. The van der Waals surface area contributed by atoms with Crippen molar-refractivity contribution in [1.82, 2.24) is 9.97 Å². The Morgan fingerprint density at radius 2 is 1.63 bits per heavy atom. The summed E-state index contributed by atoms with van der Waals surface area (Å²) in [5.41, 5.74) is 9.28. The van der Waals surface area contributed by atoms with Gasteiger partial charge in [0.15, 0.2) is 0 Å². The van der Waals surface area contributed by atoms with Gasteiger partial charge < -0.3 is 5.73 Å². The monoisotopic (exact) mass is 261 g/mol. The van der Waals surface area contributed by atoms with Crippen LogP contribution in [0.1, 0.15) is 74.1 Å². The zero-order chi connectivity index (χ0) is 14.0. The van der Waals surface area contributed by atoms with Gasteiger partial charge in [0.1, 0.15) is 5.82 Å². The number of aryl methyl sites for hydroxylation is 2. The first-order chi connectivity index (χ1) is 9.02. The van der Waals surface area contributed by atoms with E-state index in [9.17, 15) is 0 Å². The summed E-state index contributed by atoms with van der Waals surface area (Å²) >= 11 is 0. The SMILES string of the molecule is Cc1nc(C2CCC(C)CC2)nc(C)c1C(C)CN. The van der Waals surface area contributed by atoms with E-state index in [1.165, 1.54) is 31.2 Å². The zero-order valence-electron chi connectivity index (χ0n) is 12.7. The van der Waals surface area contributed by atoms with Gasteiger partial charge in [-0.15, -0.1) is 0 Å². The third-order valence-electron chi connectivity index (χ3n) is 4.57. The average Bonchev–Trinajstić information content (AvgIpc) is 2.38. The highest BCUT2D eigenvalue weighted by Gasteiger charge is 2.23. The largest absolute Gasteiger partial charge is 0.330 e. The van der Waals surface area contributed by atoms with Crippen LogP contribution >= 0.6 is 0 Å². The second-order valence-corrected chi connectivity index (χ2v) is 6.26. The van der Waals surface area contributed by atoms with E-state index in [4.69, 9.17) is 15.7 Å². The Hall–Kier alpha value is -0.960. The molecule has 1 saturated carbocycles. The van der Waals surface area contributed by atoms with Crippen LogP contribution in [0.4, 0.5) is 0 Å². The van der Waals surface area contributed by atoms with Crippen molar-refractivity contribution in [3.8, 4) is 0 Å². The predicted molar refractivity (Wildman–Crippen MR) is 79.3 cm³/mol. The van der Waals surface area contributed by atoms with Gasteiger partial charge in [-0.2, -0.15) is 0 Å². The first-order valence-corrected chi connectivity index (χ1v) is 7.58. The van der Waals surface area contributed by atoms with Gasteiger partial charge in [0.25, 0.3) is 0 Å². The number of hydrogen-bond acceptors (Lipinski definition) is 3. The van der Waals surface area contributed by atoms with Crippen molar-refractivity contribution >= 4 is 0 Å². The fourth-order valence-electron chi connectivity index (χ4n) is 3.28. The predicted octanol–water partition coefficient (Wildman–Crippen LogP) is 3.45. The maximum absolute atomic E-state index is 5.78. The summed E-state index contributed by atoms with van der Waals surface area (Å²) in [5.74, 6) is 2.85. The molecule has 2 rings (SSSR count). The minimum absolute atomic E-state index is 0.348. The highest BCUT2D eigenvalue weighted by Crippen LogP contribution is 2.34. The van der Waals surface area contributed by atoms with Crippen LogP contribution in [0, 0.1) is 19.8 Å². The summed E-state index contributed by atoms with van der Waals surface area (Å²) < 4.78 is 0. The van der Waals surface area contributed by atoms with Crippen LogP contribution in [0.25, 0.3) is 0 Å². The maximum atomic E-state index is 5.78. The second-order valence-electron chi connectivity index (χ2n) is 6.26. The van der Waals surface area contributed by atoms with Crippen LogP contribution in [0.5, 0.6) is 0 Å². The molecule has 2 N–H and O–H groups in total. The van der Waals surface area contributed by atoms with Crippen LogP contribution in [0.3, 0.4) is 0 Å². The lowest BCUT2D eigenvalue weighted by Gasteiger charge is -2.26. The molecule has 1 aliphatic carbocycles. The van der Waals surface area contributed by atoms with E-state index in [1.54, 1.807) is 0 Å². The summed E-state index contributed by atoms with van der Waals surface area (Å²) in [6.07, 6.45) is 5.11. The fourth-order valence-corrected chi connectivity index (χ4v) is 3.28. The molecule has 1 heterocycles. The zero-order valence-corrected chi connectivity index (χ0v) is 12.7. The molecular formula is C16H27N3. The number of aromatic nitrogens is 2. The fraction of sp³-hybridized carbons (Fsp3) is 0.750. The Kier molecular flexibility index (Phi) is 4.56. The molecular weight excluding hydrogens is 234 g/mol. The van der Waals surface area contributed by atoms with Crippen LogP contribution in [-0.4, -0.2) is 16.5 Å². The first-order valence-electron chi connectivity index (χ1n) is 7.58. The van der Waals surface area contributed by atoms with Crippen LogP contribution in [0.15, 0.2) is 0 Å². The number of hydrogen-bond donors (Lipinski definition) is 1. The Balaban J connectivity index is 2.24. The molecule has 1 aromatic rings. The molecule has 0 aliphatic heterocycles. The summed E-state index contributed by atoms with van der Waals surface area (Å²) in [5, 5.41) is 0. The van der Waals surface area contributed by atoms with E-state index in [2.05, 4.69) is 27.7 Å². The van der Waals surface area contributed by atoms with Crippen molar-refractivity contribution in [1.29, 1.82) is 0 Å².